The molecule has 1 saturated heterocycles. The van der Waals surface area contributed by atoms with Gasteiger partial charge in [0.2, 0.25) is 10.0 Å². The fourth-order valence-electron chi connectivity index (χ4n) is 2.34. The van der Waals surface area contributed by atoms with Gasteiger partial charge in [0.05, 0.1) is 5.75 Å². The van der Waals surface area contributed by atoms with Gasteiger partial charge in [-0.05, 0) is 51.6 Å². The molecule has 1 fully saturated rings. The minimum absolute atomic E-state index is 0.0116. The van der Waals surface area contributed by atoms with Gasteiger partial charge in [-0.25, -0.2) is 13.1 Å². The molecule has 0 aromatic carbocycles. The molecule has 0 bridgehead atoms. The van der Waals surface area contributed by atoms with Gasteiger partial charge in [-0.3, -0.25) is 0 Å². The second-order valence-electron chi connectivity index (χ2n) is 5.28. The Hall–Kier alpha value is -0.170. The molecule has 0 amide bonds. The minimum atomic E-state index is -3.15. The first-order chi connectivity index (χ1) is 9.05. The molecule has 0 aromatic heterocycles. The van der Waals surface area contributed by atoms with E-state index < -0.39 is 10.0 Å². The van der Waals surface area contributed by atoms with Gasteiger partial charge in [0.15, 0.2) is 0 Å². The summed E-state index contributed by atoms with van der Waals surface area (Å²) in [6.45, 7) is 7.27. The molecule has 1 unspecified atom stereocenters. The lowest BCUT2D eigenvalue weighted by Crippen LogP contribution is -2.41. The van der Waals surface area contributed by atoms with E-state index in [4.69, 9.17) is 4.74 Å². The highest BCUT2D eigenvalue weighted by molar-refractivity contribution is 7.89. The third-order valence-corrected chi connectivity index (χ3v) is 5.09. The van der Waals surface area contributed by atoms with Crippen molar-refractivity contribution < 1.29 is 13.2 Å². The molecule has 114 valence electrons. The van der Waals surface area contributed by atoms with E-state index >= 15 is 0 Å². The average Bonchev–Trinajstić information content (AvgIpc) is 2.39. The van der Waals surface area contributed by atoms with E-state index in [2.05, 4.69) is 17.0 Å². The van der Waals surface area contributed by atoms with E-state index in [0.717, 1.165) is 45.6 Å². The van der Waals surface area contributed by atoms with Gasteiger partial charge >= 0.3 is 0 Å². The molecular formula is C13H28N2O3S. The quantitative estimate of drug-likeness (QED) is 0.625. The summed E-state index contributed by atoms with van der Waals surface area (Å²) in [5.74, 6) is 0.610. The van der Waals surface area contributed by atoms with E-state index in [1.54, 1.807) is 0 Å². The van der Waals surface area contributed by atoms with Crippen molar-refractivity contribution >= 4 is 10.0 Å². The Morgan fingerprint density at radius 3 is 2.58 bits per heavy atom. The van der Waals surface area contributed by atoms with Gasteiger partial charge in [0.1, 0.15) is 0 Å². The van der Waals surface area contributed by atoms with Crippen LogP contribution in [0.5, 0.6) is 0 Å². The number of hydrogen-bond donors (Lipinski definition) is 2. The number of ether oxygens (including phenoxy) is 1. The summed E-state index contributed by atoms with van der Waals surface area (Å²) >= 11 is 0. The molecule has 0 saturated carbocycles. The summed E-state index contributed by atoms with van der Waals surface area (Å²) in [5, 5.41) is 3.22. The SMILES string of the molecule is CCCNCCCS(=O)(=O)NC(C)C1CCOCC1. The molecule has 1 aliphatic rings. The van der Waals surface area contributed by atoms with Crippen LogP contribution in [0.25, 0.3) is 0 Å². The second-order valence-corrected chi connectivity index (χ2v) is 7.15. The van der Waals surface area contributed by atoms with Crippen LogP contribution in [-0.4, -0.2) is 46.5 Å². The maximum Gasteiger partial charge on any atom is 0.211 e. The Labute approximate surface area is 117 Å². The summed E-state index contributed by atoms with van der Waals surface area (Å²) in [5.41, 5.74) is 0. The monoisotopic (exact) mass is 292 g/mol. The Balaban J connectivity index is 2.24. The third-order valence-electron chi connectivity index (χ3n) is 3.53. The molecule has 1 atom stereocenters. The van der Waals surface area contributed by atoms with Crippen molar-refractivity contribution in [2.45, 2.75) is 45.6 Å². The smallest absolute Gasteiger partial charge is 0.211 e. The Morgan fingerprint density at radius 1 is 1.26 bits per heavy atom. The molecule has 1 rings (SSSR count). The van der Waals surface area contributed by atoms with Crippen molar-refractivity contribution in [2.75, 3.05) is 32.1 Å². The number of hydrogen-bond acceptors (Lipinski definition) is 4. The first kappa shape index (κ1) is 16.9. The van der Waals surface area contributed by atoms with E-state index in [9.17, 15) is 8.42 Å². The van der Waals surface area contributed by atoms with Crippen LogP contribution in [0.15, 0.2) is 0 Å². The Bertz CT molecular complexity index is 327. The van der Waals surface area contributed by atoms with Crippen molar-refractivity contribution in [2.24, 2.45) is 5.92 Å². The zero-order chi connectivity index (χ0) is 14.1. The van der Waals surface area contributed by atoms with Crippen LogP contribution in [0.4, 0.5) is 0 Å². The topological polar surface area (TPSA) is 67.4 Å². The maximum atomic E-state index is 11.9. The van der Waals surface area contributed by atoms with E-state index in [1.807, 2.05) is 6.92 Å². The zero-order valence-electron chi connectivity index (χ0n) is 12.2. The zero-order valence-corrected chi connectivity index (χ0v) is 13.0. The summed E-state index contributed by atoms with van der Waals surface area (Å²) in [7, 11) is -3.15. The van der Waals surface area contributed by atoms with E-state index in [-0.39, 0.29) is 11.8 Å². The molecule has 2 N–H and O–H groups in total. The molecule has 0 aromatic rings. The summed E-state index contributed by atoms with van der Waals surface area (Å²) < 4.78 is 32.0. The predicted octanol–water partition coefficient (Wildman–Crippen LogP) is 1.11. The minimum Gasteiger partial charge on any atom is -0.381 e. The lowest BCUT2D eigenvalue weighted by molar-refractivity contribution is 0.0585. The molecule has 0 spiro atoms. The lowest BCUT2D eigenvalue weighted by atomic mass is 9.94. The molecule has 1 heterocycles. The van der Waals surface area contributed by atoms with Gasteiger partial charge < -0.3 is 10.1 Å². The highest BCUT2D eigenvalue weighted by atomic mass is 32.2. The molecule has 5 nitrogen and oxygen atoms in total. The number of nitrogens with one attached hydrogen (secondary N) is 2. The molecule has 1 aliphatic heterocycles. The van der Waals surface area contributed by atoms with Crippen LogP contribution >= 0.6 is 0 Å². The first-order valence-electron chi connectivity index (χ1n) is 7.33. The average molecular weight is 292 g/mol. The predicted molar refractivity (Wildman–Crippen MR) is 77.7 cm³/mol. The van der Waals surface area contributed by atoms with Crippen LogP contribution in [0.2, 0.25) is 0 Å². The second kappa shape index (κ2) is 8.89. The van der Waals surface area contributed by atoms with Crippen LogP contribution in [0, 0.1) is 5.92 Å². The standard InChI is InChI=1S/C13H28N2O3S/c1-3-7-14-8-4-11-19(16,17)15-12(2)13-5-9-18-10-6-13/h12-15H,3-11H2,1-2H3. The number of sulfonamides is 1. The van der Waals surface area contributed by atoms with E-state index in [1.165, 1.54) is 0 Å². The van der Waals surface area contributed by atoms with Crippen molar-refractivity contribution in [1.82, 2.24) is 10.0 Å². The highest BCUT2D eigenvalue weighted by Crippen LogP contribution is 2.19. The van der Waals surface area contributed by atoms with Gasteiger partial charge in [-0.15, -0.1) is 0 Å². The molecule has 6 heteroatoms. The van der Waals surface area contributed by atoms with Gasteiger partial charge in [0.25, 0.3) is 0 Å². The summed E-state index contributed by atoms with van der Waals surface area (Å²) in [6.07, 6.45) is 3.63. The normalized spacial score (nSPS) is 19.5. The Kier molecular flexibility index (Phi) is 7.90. The summed E-state index contributed by atoms with van der Waals surface area (Å²) in [4.78, 5) is 0. The van der Waals surface area contributed by atoms with Crippen LogP contribution in [0.1, 0.15) is 39.5 Å². The van der Waals surface area contributed by atoms with Crippen LogP contribution in [0.3, 0.4) is 0 Å². The molecule has 0 aliphatic carbocycles. The third kappa shape index (κ3) is 7.25. The maximum absolute atomic E-state index is 11.9. The van der Waals surface area contributed by atoms with Crippen LogP contribution in [-0.2, 0) is 14.8 Å². The van der Waals surface area contributed by atoms with Crippen molar-refractivity contribution in [3.05, 3.63) is 0 Å². The Morgan fingerprint density at radius 2 is 1.95 bits per heavy atom. The van der Waals surface area contributed by atoms with Gasteiger partial charge in [0, 0.05) is 19.3 Å². The van der Waals surface area contributed by atoms with Crippen molar-refractivity contribution in [1.29, 1.82) is 0 Å². The first-order valence-corrected chi connectivity index (χ1v) is 8.99. The molecule has 19 heavy (non-hydrogen) atoms. The largest absolute Gasteiger partial charge is 0.381 e. The van der Waals surface area contributed by atoms with Gasteiger partial charge in [-0.2, -0.15) is 0 Å². The van der Waals surface area contributed by atoms with Crippen molar-refractivity contribution in [3.8, 4) is 0 Å². The highest BCUT2D eigenvalue weighted by Gasteiger charge is 2.24. The summed E-state index contributed by atoms with van der Waals surface area (Å²) in [6, 6.07) is 0.0116. The fourth-order valence-corrected chi connectivity index (χ4v) is 3.74. The van der Waals surface area contributed by atoms with Crippen molar-refractivity contribution in [3.63, 3.8) is 0 Å². The fraction of sp³-hybridized carbons (Fsp3) is 1.00. The lowest BCUT2D eigenvalue weighted by Gasteiger charge is -2.28. The van der Waals surface area contributed by atoms with E-state index in [0.29, 0.717) is 12.3 Å². The number of rotatable bonds is 9. The van der Waals surface area contributed by atoms with Gasteiger partial charge in [-0.1, -0.05) is 6.92 Å². The molecular weight excluding hydrogens is 264 g/mol. The molecule has 0 radical (unpaired) electrons. The van der Waals surface area contributed by atoms with Crippen LogP contribution < -0.4 is 10.0 Å².